The van der Waals surface area contributed by atoms with E-state index in [-0.39, 0.29) is 23.7 Å². The Morgan fingerprint density at radius 2 is 1.71 bits per heavy atom. The highest BCUT2D eigenvalue weighted by atomic mass is 19.4. The van der Waals surface area contributed by atoms with E-state index in [1.54, 1.807) is 12.1 Å². The maximum Gasteiger partial charge on any atom is 0.421 e. The number of aliphatic hydroxyl groups is 1. The van der Waals surface area contributed by atoms with Crippen molar-refractivity contribution in [1.29, 1.82) is 0 Å². The van der Waals surface area contributed by atoms with Crippen LogP contribution < -0.4 is 0 Å². The summed E-state index contributed by atoms with van der Waals surface area (Å²) in [5.41, 5.74) is 0.847. The van der Waals surface area contributed by atoms with Gasteiger partial charge in [-0.25, -0.2) is 4.79 Å². The van der Waals surface area contributed by atoms with E-state index >= 15 is 0 Å². The van der Waals surface area contributed by atoms with E-state index < -0.39 is 11.8 Å². The number of amides is 1. The molecule has 2 aliphatic rings. The molecule has 2 aromatic rings. The van der Waals surface area contributed by atoms with E-state index in [9.17, 15) is 23.1 Å². The van der Waals surface area contributed by atoms with Crippen LogP contribution in [0, 0.1) is 6.92 Å². The van der Waals surface area contributed by atoms with Crippen LogP contribution in [-0.4, -0.2) is 59.0 Å². The molecule has 2 fully saturated rings. The second-order valence-corrected chi connectivity index (χ2v) is 9.48. The van der Waals surface area contributed by atoms with E-state index in [0.29, 0.717) is 6.61 Å². The first-order valence-electron chi connectivity index (χ1n) is 11.7. The molecule has 0 radical (unpaired) electrons. The molecule has 3 atom stereocenters. The predicted molar refractivity (Wildman–Crippen MR) is 123 cm³/mol. The average Bonchev–Trinajstić information content (AvgIpc) is 3.04. The Kier molecular flexibility index (Phi) is 6.66. The van der Waals surface area contributed by atoms with E-state index in [1.807, 2.05) is 30.9 Å². The van der Waals surface area contributed by atoms with Gasteiger partial charge in [0.1, 0.15) is 0 Å². The zero-order chi connectivity index (χ0) is 24.7. The van der Waals surface area contributed by atoms with Crippen LogP contribution in [0.25, 0.3) is 11.1 Å². The van der Waals surface area contributed by atoms with Gasteiger partial charge >= 0.3 is 12.3 Å². The van der Waals surface area contributed by atoms with Gasteiger partial charge in [0.05, 0.1) is 6.61 Å². The number of rotatable bonds is 5. The fourth-order valence-electron chi connectivity index (χ4n) is 5.16. The summed E-state index contributed by atoms with van der Waals surface area (Å²) >= 11 is 0. The predicted octanol–water partition coefficient (Wildman–Crippen LogP) is 5.24. The molecule has 2 heterocycles. The van der Waals surface area contributed by atoms with Crippen molar-refractivity contribution in [3.63, 3.8) is 0 Å². The molecule has 2 aliphatic heterocycles. The molecule has 4 rings (SSSR count). The fourth-order valence-corrected chi connectivity index (χ4v) is 5.16. The van der Waals surface area contributed by atoms with Crippen LogP contribution in [0.5, 0.6) is 0 Å². The first-order chi connectivity index (χ1) is 16.0. The molecule has 5 nitrogen and oxygen atoms in total. The fraction of sp³-hybridized carbons (Fsp3) is 0.500. The molecule has 2 aromatic carbocycles. The molecule has 3 unspecified atom stereocenters. The third-order valence-electron chi connectivity index (χ3n) is 7.04. The van der Waals surface area contributed by atoms with Crippen LogP contribution in [0.2, 0.25) is 0 Å². The van der Waals surface area contributed by atoms with Crippen LogP contribution in [0.3, 0.4) is 0 Å². The minimum Gasteiger partial charge on any atom is -0.450 e. The van der Waals surface area contributed by atoms with Crippen molar-refractivity contribution in [2.45, 2.75) is 64.0 Å². The van der Waals surface area contributed by atoms with Crippen molar-refractivity contribution in [3.8, 4) is 11.1 Å². The first kappa shape index (κ1) is 24.5. The van der Waals surface area contributed by atoms with Crippen LogP contribution in [0.1, 0.15) is 43.4 Å². The van der Waals surface area contributed by atoms with Crippen molar-refractivity contribution in [2.24, 2.45) is 0 Å². The van der Waals surface area contributed by atoms with Crippen LogP contribution in [-0.2, 0) is 16.9 Å². The number of carbonyl (C=O) groups is 1. The zero-order valence-corrected chi connectivity index (χ0v) is 19.7. The smallest absolute Gasteiger partial charge is 0.421 e. The number of nitrogens with zero attached hydrogens (tertiary/aromatic N) is 2. The summed E-state index contributed by atoms with van der Waals surface area (Å²) in [5.74, 6) is 0. The standard InChI is InChI=1S/C26H31F3N2O3/c1-4-34-24(32)31-21-10-11-22(31)16-30(15-21)14-18-5-12-23(17(2)13-18)19-6-8-20(9-7-19)25(3,33)26(27,28)29/h5-9,12-13,21-22,33H,4,10-11,14-16H2,1-3H3. The quantitative estimate of drug-likeness (QED) is 0.642. The lowest BCUT2D eigenvalue weighted by atomic mass is 9.92. The number of ether oxygens (including phenoxy) is 1. The number of likely N-dealkylation sites (tertiary alicyclic amines) is 1. The van der Waals surface area contributed by atoms with Gasteiger partial charge in [-0.05, 0) is 61.4 Å². The molecule has 2 saturated heterocycles. The Hall–Kier alpha value is -2.58. The van der Waals surface area contributed by atoms with Gasteiger partial charge in [0.25, 0.3) is 0 Å². The van der Waals surface area contributed by atoms with Gasteiger partial charge in [0.15, 0.2) is 5.60 Å². The minimum absolute atomic E-state index is 0.186. The molecule has 0 aliphatic carbocycles. The van der Waals surface area contributed by atoms with E-state index in [0.717, 1.165) is 61.7 Å². The summed E-state index contributed by atoms with van der Waals surface area (Å²) < 4.78 is 44.6. The molecule has 2 bridgehead atoms. The zero-order valence-electron chi connectivity index (χ0n) is 19.7. The van der Waals surface area contributed by atoms with Gasteiger partial charge < -0.3 is 9.84 Å². The summed E-state index contributed by atoms with van der Waals surface area (Å²) in [4.78, 5) is 16.6. The lowest BCUT2D eigenvalue weighted by Crippen LogP contribution is -2.55. The summed E-state index contributed by atoms with van der Waals surface area (Å²) in [5, 5.41) is 9.89. The van der Waals surface area contributed by atoms with Gasteiger partial charge in [-0.3, -0.25) is 9.80 Å². The topological polar surface area (TPSA) is 53.0 Å². The van der Waals surface area contributed by atoms with Gasteiger partial charge in [-0.1, -0.05) is 42.5 Å². The number of alkyl halides is 3. The van der Waals surface area contributed by atoms with Gasteiger partial charge in [-0.2, -0.15) is 13.2 Å². The average molecular weight is 477 g/mol. The molecule has 8 heteroatoms. The molecule has 0 aromatic heterocycles. The highest BCUT2D eigenvalue weighted by Crippen LogP contribution is 2.39. The number of carbonyl (C=O) groups excluding carboxylic acids is 1. The molecule has 0 saturated carbocycles. The van der Waals surface area contributed by atoms with Crippen LogP contribution in [0.15, 0.2) is 42.5 Å². The van der Waals surface area contributed by atoms with E-state index in [2.05, 4.69) is 11.0 Å². The highest BCUT2D eigenvalue weighted by molar-refractivity contribution is 5.69. The number of benzene rings is 2. The van der Waals surface area contributed by atoms with E-state index in [4.69, 9.17) is 4.74 Å². The number of hydrogen-bond acceptors (Lipinski definition) is 4. The summed E-state index contributed by atoms with van der Waals surface area (Å²) in [6, 6.07) is 12.4. The van der Waals surface area contributed by atoms with Crippen molar-refractivity contribution in [1.82, 2.24) is 9.80 Å². The second kappa shape index (κ2) is 9.23. The third kappa shape index (κ3) is 4.66. The van der Waals surface area contributed by atoms with Crippen molar-refractivity contribution in [3.05, 3.63) is 59.2 Å². The molecule has 1 amide bonds. The van der Waals surface area contributed by atoms with Crippen molar-refractivity contribution >= 4 is 6.09 Å². The second-order valence-electron chi connectivity index (χ2n) is 9.48. The van der Waals surface area contributed by atoms with Gasteiger partial charge in [-0.15, -0.1) is 0 Å². The largest absolute Gasteiger partial charge is 0.450 e. The molecule has 184 valence electrons. The maximum absolute atomic E-state index is 13.1. The summed E-state index contributed by atoms with van der Waals surface area (Å²) in [6.45, 7) is 7.37. The Balaban J connectivity index is 1.44. The number of halogens is 3. The summed E-state index contributed by atoms with van der Waals surface area (Å²) in [7, 11) is 0. The lowest BCUT2D eigenvalue weighted by molar-refractivity contribution is -0.258. The number of aryl methyl sites for hydroxylation is 1. The van der Waals surface area contributed by atoms with Crippen LogP contribution >= 0.6 is 0 Å². The third-order valence-corrected chi connectivity index (χ3v) is 7.04. The molecular weight excluding hydrogens is 445 g/mol. The van der Waals surface area contributed by atoms with Crippen molar-refractivity contribution < 1.29 is 27.8 Å². The SMILES string of the molecule is CCOC(=O)N1C2CCC1CN(Cc1ccc(-c3ccc(C(C)(O)C(F)(F)F)cc3)c(C)c1)C2. The Morgan fingerprint density at radius 1 is 1.09 bits per heavy atom. The van der Waals surface area contributed by atoms with Crippen molar-refractivity contribution in [2.75, 3.05) is 19.7 Å². The normalized spacial score (nSPS) is 22.5. The molecule has 34 heavy (non-hydrogen) atoms. The minimum atomic E-state index is -4.74. The maximum atomic E-state index is 13.1. The number of piperazine rings is 1. The lowest BCUT2D eigenvalue weighted by Gasteiger charge is -2.40. The summed E-state index contributed by atoms with van der Waals surface area (Å²) in [6.07, 6.45) is -2.96. The Bertz CT molecular complexity index is 1020. The molecular formula is C26H31F3N2O3. The van der Waals surface area contributed by atoms with Crippen LogP contribution in [0.4, 0.5) is 18.0 Å². The highest BCUT2D eigenvalue weighted by Gasteiger charge is 2.51. The first-order valence-corrected chi connectivity index (χ1v) is 11.7. The molecule has 0 spiro atoms. The van der Waals surface area contributed by atoms with Gasteiger partial charge in [0.2, 0.25) is 0 Å². The number of fused-ring (bicyclic) bond motifs is 2. The molecule has 1 N–H and O–H groups in total. The monoisotopic (exact) mass is 476 g/mol. The number of hydrogen-bond donors (Lipinski definition) is 1. The Morgan fingerprint density at radius 3 is 2.24 bits per heavy atom. The van der Waals surface area contributed by atoms with Gasteiger partial charge in [0, 0.05) is 31.7 Å². The van der Waals surface area contributed by atoms with E-state index in [1.165, 1.54) is 12.1 Å². The Labute approximate surface area is 198 Å².